The van der Waals surface area contributed by atoms with Gasteiger partial charge in [0.25, 0.3) is 11.8 Å². The first kappa shape index (κ1) is 17.0. The Labute approximate surface area is 156 Å². The van der Waals surface area contributed by atoms with Crippen molar-refractivity contribution in [2.75, 3.05) is 11.5 Å². The van der Waals surface area contributed by atoms with E-state index in [1.54, 1.807) is 54.6 Å². The van der Waals surface area contributed by atoms with Crippen LogP contribution >= 0.6 is 0 Å². The van der Waals surface area contributed by atoms with E-state index < -0.39 is 11.8 Å². The van der Waals surface area contributed by atoms with Crippen LogP contribution in [0.25, 0.3) is 10.8 Å². The number of ketones is 1. The van der Waals surface area contributed by atoms with Gasteiger partial charge in [-0.15, -0.1) is 0 Å². The molecule has 0 bridgehead atoms. The van der Waals surface area contributed by atoms with E-state index in [4.69, 9.17) is 4.74 Å². The van der Waals surface area contributed by atoms with E-state index in [1.807, 2.05) is 6.92 Å². The Balaban J connectivity index is 1.88. The molecule has 5 heteroatoms. The van der Waals surface area contributed by atoms with Gasteiger partial charge in [0.1, 0.15) is 5.75 Å². The van der Waals surface area contributed by atoms with E-state index in [2.05, 4.69) is 0 Å². The summed E-state index contributed by atoms with van der Waals surface area (Å²) in [5, 5.41) is 1.17. The molecule has 2 amide bonds. The minimum Gasteiger partial charge on any atom is -0.494 e. The lowest BCUT2D eigenvalue weighted by Gasteiger charge is -2.27. The smallest absolute Gasteiger partial charge is 0.265 e. The molecule has 0 saturated heterocycles. The Morgan fingerprint density at radius 1 is 0.926 bits per heavy atom. The number of anilines is 1. The van der Waals surface area contributed by atoms with Crippen LogP contribution in [0, 0.1) is 0 Å². The number of nitrogens with zero attached hydrogens (tertiary/aromatic N) is 1. The molecule has 0 radical (unpaired) electrons. The van der Waals surface area contributed by atoms with Crippen LogP contribution in [0.4, 0.5) is 5.69 Å². The zero-order chi connectivity index (χ0) is 19.1. The van der Waals surface area contributed by atoms with Crippen molar-refractivity contribution in [3.63, 3.8) is 0 Å². The second-order valence-electron chi connectivity index (χ2n) is 6.32. The molecule has 0 fully saturated rings. The predicted molar refractivity (Wildman–Crippen MR) is 103 cm³/mol. The van der Waals surface area contributed by atoms with Gasteiger partial charge in [-0.2, -0.15) is 0 Å². The first-order chi connectivity index (χ1) is 13.0. The summed E-state index contributed by atoms with van der Waals surface area (Å²) in [5.74, 6) is -0.231. The summed E-state index contributed by atoms with van der Waals surface area (Å²) in [6, 6.07) is 15.3. The quantitative estimate of drug-likeness (QED) is 0.516. The van der Waals surface area contributed by atoms with Gasteiger partial charge in [0, 0.05) is 22.1 Å². The van der Waals surface area contributed by atoms with Gasteiger partial charge in [-0.1, -0.05) is 12.1 Å². The van der Waals surface area contributed by atoms with Crippen LogP contribution in [0.15, 0.2) is 54.6 Å². The summed E-state index contributed by atoms with van der Waals surface area (Å²) in [6.07, 6.45) is 0. The zero-order valence-corrected chi connectivity index (χ0v) is 15.0. The van der Waals surface area contributed by atoms with Gasteiger partial charge in [0.05, 0.1) is 12.3 Å². The third-order valence-corrected chi connectivity index (χ3v) is 4.69. The monoisotopic (exact) mass is 359 g/mol. The molecule has 0 N–H and O–H groups in total. The number of amides is 2. The van der Waals surface area contributed by atoms with Crippen LogP contribution in [0.5, 0.6) is 5.75 Å². The fourth-order valence-corrected chi connectivity index (χ4v) is 3.50. The van der Waals surface area contributed by atoms with Crippen LogP contribution in [0.2, 0.25) is 0 Å². The third kappa shape index (κ3) is 2.59. The van der Waals surface area contributed by atoms with Crippen LogP contribution in [-0.4, -0.2) is 24.2 Å². The van der Waals surface area contributed by atoms with Gasteiger partial charge in [-0.3, -0.25) is 14.4 Å². The van der Waals surface area contributed by atoms with Crippen molar-refractivity contribution in [2.24, 2.45) is 0 Å². The first-order valence-electron chi connectivity index (χ1n) is 8.71. The number of imide groups is 1. The van der Waals surface area contributed by atoms with Crippen LogP contribution in [0.1, 0.15) is 44.9 Å². The summed E-state index contributed by atoms with van der Waals surface area (Å²) in [7, 11) is 0. The second-order valence-corrected chi connectivity index (χ2v) is 6.32. The van der Waals surface area contributed by atoms with Gasteiger partial charge in [-0.25, -0.2) is 4.90 Å². The zero-order valence-electron chi connectivity index (χ0n) is 15.0. The normalized spacial score (nSPS) is 13.2. The molecule has 27 heavy (non-hydrogen) atoms. The number of rotatable bonds is 4. The van der Waals surface area contributed by atoms with Crippen molar-refractivity contribution in [2.45, 2.75) is 13.8 Å². The lowest BCUT2D eigenvalue weighted by atomic mass is 9.90. The summed E-state index contributed by atoms with van der Waals surface area (Å²) >= 11 is 0. The average Bonchev–Trinajstić information content (AvgIpc) is 2.67. The third-order valence-electron chi connectivity index (χ3n) is 4.69. The molecule has 0 saturated carbocycles. The summed E-state index contributed by atoms with van der Waals surface area (Å²) in [5.41, 5.74) is 1.82. The molecule has 3 aromatic carbocycles. The highest BCUT2D eigenvalue weighted by atomic mass is 16.5. The summed E-state index contributed by atoms with van der Waals surface area (Å²) in [4.78, 5) is 39.3. The molecule has 3 aromatic rings. The molecular weight excluding hydrogens is 342 g/mol. The maximum atomic E-state index is 13.1. The van der Waals surface area contributed by atoms with Crippen LogP contribution < -0.4 is 9.64 Å². The van der Waals surface area contributed by atoms with Crippen molar-refractivity contribution in [1.29, 1.82) is 0 Å². The van der Waals surface area contributed by atoms with Crippen molar-refractivity contribution in [1.82, 2.24) is 0 Å². The molecule has 0 atom stereocenters. The van der Waals surface area contributed by atoms with Gasteiger partial charge >= 0.3 is 0 Å². The number of carbonyl (C=O) groups is 3. The minimum atomic E-state index is -0.400. The molecule has 1 aliphatic heterocycles. The van der Waals surface area contributed by atoms with Crippen molar-refractivity contribution in [3.05, 3.63) is 71.3 Å². The Bertz CT molecular complexity index is 1080. The average molecular weight is 359 g/mol. The van der Waals surface area contributed by atoms with E-state index >= 15 is 0 Å². The fourth-order valence-electron chi connectivity index (χ4n) is 3.50. The van der Waals surface area contributed by atoms with E-state index in [0.29, 0.717) is 45.5 Å². The number of benzene rings is 3. The Hall–Kier alpha value is -3.47. The standard InChI is InChI=1S/C22H17NO4/c1-3-27-15-9-7-14(8-10-15)23-21(25)18-6-4-5-17-16(13(2)24)11-12-19(20(17)18)22(23)26/h4-12H,3H2,1-2H3. The predicted octanol–water partition coefficient (Wildman–Crippen LogP) is 4.24. The van der Waals surface area contributed by atoms with E-state index in [9.17, 15) is 14.4 Å². The molecule has 0 aromatic heterocycles. The highest BCUT2D eigenvalue weighted by Gasteiger charge is 2.34. The number of ether oxygens (including phenoxy) is 1. The number of carbonyl (C=O) groups excluding carboxylic acids is 3. The molecule has 0 unspecified atom stereocenters. The molecule has 134 valence electrons. The molecule has 0 aliphatic carbocycles. The molecule has 1 aliphatic rings. The largest absolute Gasteiger partial charge is 0.494 e. The molecule has 0 spiro atoms. The Morgan fingerprint density at radius 3 is 2.22 bits per heavy atom. The van der Waals surface area contributed by atoms with Gasteiger partial charge < -0.3 is 4.74 Å². The molecule has 5 nitrogen and oxygen atoms in total. The van der Waals surface area contributed by atoms with Crippen molar-refractivity contribution in [3.8, 4) is 5.75 Å². The number of hydrogen-bond acceptors (Lipinski definition) is 4. The summed E-state index contributed by atoms with van der Waals surface area (Å²) in [6.45, 7) is 3.90. The van der Waals surface area contributed by atoms with Gasteiger partial charge in [-0.05, 0) is 61.7 Å². The van der Waals surface area contributed by atoms with E-state index in [1.165, 1.54) is 11.8 Å². The minimum absolute atomic E-state index is 0.104. The first-order valence-corrected chi connectivity index (χ1v) is 8.71. The Kier molecular flexibility index (Phi) is 4.00. The lowest BCUT2D eigenvalue weighted by Crippen LogP contribution is -2.40. The SMILES string of the molecule is CCOc1ccc(N2C(=O)c3cccc4c(C(C)=O)ccc(c34)C2=O)cc1. The number of Topliss-reactive ketones (excluding diaryl/α,β-unsaturated/α-hetero) is 1. The maximum Gasteiger partial charge on any atom is 0.265 e. The number of hydrogen-bond donors (Lipinski definition) is 0. The summed E-state index contributed by atoms with van der Waals surface area (Å²) < 4.78 is 5.42. The van der Waals surface area contributed by atoms with Crippen LogP contribution in [0.3, 0.4) is 0 Å². The fraction of sp³-hybridized carbons (Fsp3) is 0.136. The van der Waals surface area contributed by atoms with Crippen molar-refractivity contribution < 1.29 is 19.1 Å². The second kappa shape index (κ2) is 6.36. The highest BCUT2D eigenvalue weighted by molar-refractivity contribution is 6.36. The van der Waals surface area contributed by atoms with Gasteiger partial charge in [0.15, 0.2) is 5.78 Å². The molecule has 1 heterocycles. The highest BCUT2D eigenvalue weighted by Crippen LogP contribution is 2.35. The molecule has 4 rings (SSSR count). The van der Waals surface area contributed by atoms with Crippen molar-refractivity contribution >= 4 is 34.1 Å². The van der Waals surface area contributed by atoms with Gasteiger partial charge in [0.2, 0.25) is 0 Å². The van der Waals surface area contributed by atoms with E-state index in [-0.39, 0.29) is 5.78 Å². The molecular formula is C22H17NO4. The maximum absolute atomic E-state index is 13.1. The van der Waals surface area contributed by atoms with E-state index in [0.717, 1.165) is 0 Å². The lowest BCUT2D eigenvalue weighted by molar-refractivity contribution is 0.0892. The topological polar surface area (TPSA) is 63.7 Å². The Morgan fingerprint density at radius 2 is 1.59 bits per heavy atom. The van der Waals surface area contributed by atoms with Crippen LogP contribution in [-0.2, 0) is 0 Å².